The Hall–Kier alpha value is -1.47. The molecule has 25 heavy (non-hydrogen) atoms. The van der Waals surface area contributed by atoms with Gasteiger partial charge in [0.2, 0.25) is 6.79 Å². The predicted octanol–water partition coefficient (Wildman–Crippen LogP) is 4.79. The van der Waals surface area contributed by atoms with Crippen molar-refractivity contribution in [2.24, 2.45) is 5.92 Å². The van der Waals surface area contributed by atoms with E-state index in [1.54, 1.807) is 6.08 Å². The van der Waals surface area contributed by atoms with E-state index >= 15 is 0 Å². The maximum absolute atomic E-state index is 12.7. The molecule has 3 aliphatic rings. The van der Waals surface area contributed by atoms with Crippen molar-refractivity contribution in [3.05, 3.63) is 27.1 Å². The fourth-order valence-electron chi connectivity index (χ4n) is 3.47. The van der Waals surface area contributed by atoms with Gasteiger partial charge in [-0.15, -0.1) is 0 Å². The van der Waals surface area contributed by atoms with Crippen molar-refractivity contribution < 1.29 is 19.1 Å². The van der Waals surface area contributed by atoms with E-state index in [1.807, 2.05) is 12.1 Å². The summed E-state index contributed by atoms with van der Waals surface area (Å²) >= 11 is 4.50. The third-order valence-electron chi connectivity index (χ3n) is 4.82. The van der Waals surface area contributed by atoms with Gasteiger partial charge >= 0.3 is 0 Å². The highest BCUT2D eigenvalue weighted by Gasteiger charge is 2.36. The second-order valence-electron chi connectivity index (χ2n) is 6.52. The lowest BCUT2D eigenvalue weighted by atomic mass is 9.89. The van der Waals surface area contributed by atoms with Crippen LogP contribution in [-0.2, 0) is 4.79 Å². The molecular weight excluding hydrogens is 406 g/mol. The molecule has 2 aliphatic heterocycles. The van der Waals surface area contributed by atoms with E-state index in [2.05, 4.69) is 15.9 Å². The number of thioether (sulfide) groups is 1. The molecule has 0 spiro atoms. The summed E-state index contributed by atoms with van der Waals surface area (Å²) in [4.78, 5) is 26.9. The second kappa shape index (κ2) is 7.03. The largest absolute Gasteiger partial charge is 0.454 e. The Morgan fingerprint density at radius 2 is 1.88 bits per heavy atom. The first kappa shape index (κ1) is 17.0. The number of hydrogen-bond donors (Lipinski definition) is 0. The van der Waals surface area contributed by atoms with Crippen LogP contribution in [0, 0.1) is 5.92 Å². The molecule has 4 rings (SSSR count). The van der Waals surface area contributed by atoms with E-state index in [9.17, 15) is 9.59 Å². The molecule has 2 heterocycles. The van der Waals surface area contributed by atoms with E-state index in [0.29, 0.717) is 28.9 Å². The molecule has 5 nitrogen and oxygen atoms in total. The zero-order valence-corrected chi connectivity index (χ0v) is 16.0. The van der Waals surface area contributed by atoms with Crippen molar-refractivity contribution in [3.8, 4) is 11.5 Å². The zero-order chi connectivity index (χ0) is 17.4. The average Bonchev–Trinajstić information content (AvgIpc) is 3.16. The van der Waals surface area contributed by atoms with Crippen LogP contribution in [0.2, 0.25) is 0 Å². The minimum absolute atomic E-state index is 0.168. The van der Waals surface area contributed by atoms with Gasteiger partial charge in [0.25, 0.3) is 11.1 Å². The Kier molecular flexibility index (Phi) is 4.78. The van der Waals surface area contributed by atoms with Crippen molar-refractivity contribution in [1.29, 1.82) is 0 Å². The lowest BCUT2D eigenvalue weighted by Gasteiger charge is -2.25. The van der Waals surface area contributed by atoms with Crippen LogP contribution in [0.15, 0.2) is 21.5 Å². The molecule has 1 saturated heterocycles. The van der Waals surface area contributed by atoms with Crippen LogP contribution in [0.25, 0.3) is 6.08 Å². The third kappa shape index (κ3) is 3.44. The fourth-order valence-corrected chi connectivity index (χ4v) is 4.75. The van der Waals surface area contributed by atoms with Crippen LogP contribution in [0.3, 0.4) is 0 Å². The van der Waals surface area contributed by atoms with Crippen molar-refractivity contribution in [1.82, 2.24) is 4.90 Å². The Morgan fingerprint density at radius 3 is 2.64 bits per heavy atom. The van der Waals surface area contributed by atoms with Crippen LogP contribution < -0.4 is 9.47 Å². The topological polar surface area (TPSA) is 55.8 Å². The molecule has 0 aromatic heterocycles. The van der Waals surface area contributed by atoms with E-state index in [4.69, 9.17) is 9.47 Å². The average molecular weight is 424 g/mol. The van der Waals surface area contributed by atoms with Crippen molar-refractivity contribution in [3.63, 3.8) is 0 Å². The van der Waals surface area contributed by atoms with Crippen LogP contribution >= 0.6 is 27.7 Å². The first-order valence-corrected chi connectivity index (χ1v) is 10.1. The summed E-state index contributed by atoms with van der Waals surface area (Å²) in [5.41, 5.74) is 0.799. The van der Waals surface area contributed by atoms with E-state index in [1.165, 1.54) is 24.2 Å². The Balaban J connectivity index is 1.54. The number of amides is 2. The maximum atomic E-state index is 12.7. The Labute approximate surface area is 158 Å². The lowest BCUT2D eigenvalue weighted by molar-refractivity contribution is -0.123. The first-order chi connectivity index (χ1) is 12.1. The molecule has 0 bridgehead atoms. The number of rotatable bonds is 3. The first-order valence-electron chi connectivity index (χ1n) is 8.46. The summed E-state index contributed by atoms with van der Waals surface area (Å²) < 4.78 is 11.5. The minimum Gasteiger partial charge on any atom is -0.454 e. The normalized spacial score (nSPS) is 22.3. The van der Waals surface area contributed by atoms with Gasteiger partial charge in [0.15, 0.2) is 11.5 Å². The summed E-state index contributed by atoms with van der Waals surface area (Å²) in [6.07, 6.45) is 7.61. The molecule has 2 amide bonds. The number of carbonyl (C=O) groups excluding carboxylic acids is 2. The van der Waals surface area contributed by atoms with Gasteiger partial charge in [-0.1, -0.05) is 35.2 Å². The molecule has 7 heteroatoms. The molecule has 1 saturated carbocycles. The molecule has 0 N–H and O–H groups in total. The highest BCUT2D eigenvalue weighted by molar-refractivity contribution is 9.10. The van der Waals surface area contributed by atoms with E-state index in [0.717, 1.165) is 34.6 Å². The molecule has 0 atom stereocenters. The van der Waals surface area contributed by atoms with Gasteiger partial charge < -0.3 is 9.47 Å². The molecule has 1 aromatic carbocycles. The van der Waals surface area contributed by atoms with Crippen molar-refractivity contribution >= 4 is 44.9 Å². The highest BCUT2D eigenvalue weighted by atomic mass is 79.9. The summed E-state index contributed by atoms with van der Waals surface area (Å²) in [6.45, 7) is 0.743. The standard InChI is InChI=1S/C18H18BrNO4S/c19-13-8-15-14(23-10-24-15)6-12(13)7-16-17(21)20(18(22)25-16)9-11-4-2-1-3-5-11/h6-8,11H,1-5,9-10H2. The van der Waals surface area contributed by atoms with Gasteiger partial charge in [0.05, 0.1) is 4.91 Å². The number of fused-ring (bicyclic) bond motifs is 1. The zero-order valence-electron chi connectivity index (χ0n) is 13.6. The van der Waals surface area contributed by atoms with Crippen molar-refractivity contribution in [2.45, 2.75) is 32.1 Å². The van der Waals surface area contributed by atoms with Gasteiger partial charge in [-0.05, 0) is 54.3 Å². The van der Waals surface area contributed by atoms with Crippen LogP contribution in [0.4, 0.5) is 4.79 Å². The smallest absolute Gasteiger partial charge is 0.293 e. The third-order valence-corrected chi connectivity index (χ3v) is 6.41. The number of hydrogen-bond acceptors (Lipinski definition) is 5. The van der Waals surface area contributed by atoms with Crippen LogP contribution in [0.1, 0.15) is 37.7 Å². The Bertz CT molecular complexity index is 758. The van der Waals surface area contributed by atoms with E-state index in [-0.39, 0.29) is 17.9 Å². The summed E-state index contributed by atoms with van der Waals surface area (Å²) in [5, 5.41) is -0.168. The predicted molar refractivity (Wildman–Crippen MR) is 99.5 cm³/mol. The minimum atomic E-state index is -0.190. The van der Waals surface area contributed by atoms with Gasteiger partial charge in [-0.3, -0.25) is 14.5 Å². The van der Waals surface area contributed by atoms with Gasteiger partial charge in [-0.25, -0.2) is 0 Å². The summed E-state index contributed by atoms with van der Waals surface area (Å²) in [5.74, 6) is 1.58. The van der Waals surface area contributed by atoms with Crippen molar-refractivity contribution in [2.75, 3.05) is 13.3 Å². The summed E-state index contributed by atoms with van der Waals surface area (Å²) in [7, 11) is 0. The second-order valence-corrected chi connectivity index (χ2v) is 8.37. The number of halogens is 1. The molecule has 132 valence electrons. The van der Waals surface area contributed by atoms with Gasteiger partial charge in [0, 0.05) is 11.0 Å². The molecule has 1 aliphatic carbocycles. The van der Waals surface area contributed by atoms with Gasteiger partial charge in [0.1, 0.15) is 0 Å². The van der Waals surface area contributed by atoms with Crippen LogP contribution in [0.5, 0.6) is 11.5 Å². The Morgan fingerprint density at radius 1 is 1.16 bits per heavy atom. The molecule has 0 radical (unpaired) electrons. The number of imide groups is 1. The van der Waals surface area contributed by atoms with E-state index < -0.39 is 0 Å². The quantitative estimate of drug-likeness (QED) is 0.653. The molecular formula is C18H18BrNO4S. The summed E-state index contributed by atoms with van der Waals surface area (Å²) in [6, 6.07) is 3.64. The fraction of sp³-hybridized carbons (Fsp3) is 0.444. The number of ether oxygens (including phenoxy) is 2. The highest BCUT2D eigenvalue weighted by Crippen LogP contribution is 2.40. The number of carbonyl (C=O) groups is 2. The SMILES string of the molecule is O=C1SC(=Cc2cc3c(cc2Br)OCO3)C(=O)N1CC1CCCCC1. The maximum Gasteiger partial charge on any atom is 0.293 e. The van der Waals surface area contributed by atoms with Crippen LogP contribution in [-0.4, -0.2) is 29.4 Å². The molecule has 0 unspecified atom stereocenters. The molecule has 2 fully saturated rings. The number of nitrogens with zero attached hydrogens (tertiary/aromatic N) is 1. The van der Waals surface area contributed by atoms with Gasteiger partial charge in [-0.2, -0.15) is 0 Å². The molecule has 1 aromatic rings. The monoisotopic (exact) mass is 423 g/mol. The lowest BCUT2D eigenvalue weighted by Crippen LogP contribution is -2.34. The number of benzene rings is 1.